The minimum absolute atomic E-state index is 0.0262. The van der Waals surface area contributed by atoms with E-state index in [4.69, 9.17) is 14.6 Å². The van der Waals surface area contributed by atoms with Gasteiger partial charge in [0.1, 0.15) is 11.6 Å². The Bertz CT molecular complexity index is 990. The SMILES string of the molecule is CCC(C)NC(=O)c1nnc2n1CC1(CCN(Cc3nccs3)CC1)COC2.O=C(O)C(F)(F)F. The number of rotatable bonds is 5. The van der Waals surface area contributed by atoms with E-state index in [1.165, 1.54) is 0 Å². The summed E-state index contributed by atoms with van der Waals surface area (Å²) >= 11 is 1.71. The molecule has 0 bridgehead atoms. The summed E-state index contributed by atoms with van der Waals surface area (Å²) in [7, 11) is 0. The van der Waals surface area contributed by atoms with Gasteiger partial charge < -0.3 is 19.7 Å². The summed E-state index contributed by atoms with van der Waals surface area (Å²) in [5.74, 6) is -1.75. The highest BCUT2D eigenvalue weighted by atomic mass is 32.1. The molecule has 0 aromatic carbocycles. The second-order valence-electron chi connectivity index (χ2n) is 8.81. The number of thiazole rings is 1. The summed E-state index contributed by atoms with van der Waals surface area (Å²) in [5.41, 5.74) is 0.0262. The number of amides is 1. The lowest BCUT2D eigenvalue weighted by Crippen LogP contribution is -2.44. The number of halogens is 3. The van der Waals surface area contributed by atoms with Crippen molar-refractivity contribution < 1.29 is 32.6 Å². The van der Waals surface area contributed by atoms with E-state index in [1.54, 1.807) is 11.3 Å². The van der Waals surface area contributed by atoms with Crippen LogP contribution in [0, 0.1) is 5.41 Å². The quantitative estimate of drug-likeness (QED) is 0.620. The van der Waals surface area contributed by atoms with E-state index < -0.39 is 12.1 Å². The Morgan fingerprint density at radius 2 is 2.00 bits per heavy atom. The van der Waals surface area contributed by atoms with Gasteiger partial charge in [0.15, 0.2) is 5.82 Å². The monoisotopic (exact) mass is 518 g/mol. The number of ether oxygens (including phenoxy) is 1. The fourth-order valence-corrected chi connectivity index (χ4v) is 4.57. The first-order valence-electron chi connectivity index (χ1n) is 11.2. The number of piperidine rings is 1. The number of alkyl halides is 3. The summed E-state index contributed by atoms with van der Waals surface area (Å²) in [6, 6.07) is 0.116. The molecule has 14 heteroatoms. The number of carbonyl (C=O) groups excluding carboxylic acids is 1. The zero-order chi connectivity index (χ0) is 25.6. The number of aromatic nitrogens is 4. The average Bonchev–Trinajstić information content (AvgIpc) is 3.42. The van der Waals surface area contributed by atoms with Crippen LogP contribution in [0.3, 0.4) is 0 Å². The molecule has 1 unspecified atom stereocenters. The topological polar surface area (TPSA) is 122 Å². The maximum atomic E-state index is 12.7. The minimum atomic E-state index is -5.08. The minimum Gasteiger partial charge on any atom is -0.475 e. The second-order valence-corrected chi connectivity index (χ2v) is 9.79. The number of carboxylic acids is 1. The number of aliphatic carboxylic acids is 1. The van der Waals surface area contributed by atoms with E-state index in [1.807, 2.05) is 23.1 Å². The van der Waals surface area contributed by atoms with Crippen LogP contribution < -0.4 is 5.32 Å². The molecule has 4 heterocycles. The Morgan fingerprint density at radius 1 is 1.31 bits per heavy atom. The van der Waals surface area contributed by atoms with E-state index >= 15 is 0 Å². The van der Waals surface area contributed by atoms with Gasteiger partial charge in [-0.3, -0.25) is 9.69 Å². The number of carbonyl (C=O) groups is 2. The Kier molecular flexibility index (Phi) is 8.83. The van der Waals surface area contributed by atoms with Gasteiger partial charge in [0.25, 0.3) is 5.91 Å². The van der Waals surface area contributed by atoms with Crippen molar-refractivity contribution in [3.63, 3.8) is 0 Å². The summed E-state index contributed by atoms with van der Waals surface area (Å²) in [6.45, 7) is 8.84. The molecule has 2 aromatic rings. The van der Waals surface area contributed by atoms with Gasteiger partial charge in [-0.05, 0) is 39.3 Å². The Labute approximate surface area is 204 Å². The molecule has 0 saturated carbocycles. The number of carboxylic acid groups (broad SMARTS) is 1. The molecule has 10 nitrogen and oxygen atoms in total. The van der Waals surface area contributed by atoms with Gasteiger partial charge in [0.05, 0.1) is 13.2 Å². The van der Waals surface area contributed by atoms with Crippen LogP contribution in [0.5, 0.6) is 0 Å². The average molecular weight is 519 g/mol. The molecule has 0 aliphatic carbocycles. The van der Waals surface area contributed by atoms with Gasteiger partial charge in [0.2, 0.25) is 5.82 Å². The predicted molar refractivity (Wildman–Crippen MR) is 120 cm³/mol. The van der Waals surface area contributed by atoms with Crippen LogP contribution in [0.4, 0.5) is 13.2 Å². The van der Waals surface area contributed by atoms with E-state index in [-0.39, 0.29) is 17.4 Å². The number of nitrogens with one attached hydrogen (secondary N) is 1. The molecule has 1 saturated heterocycles. The fraction of sp³-hybridized carbons (Fsp3) is 0.667. The van der Waals surface area contributed by atoms with Crippen LogP contribution in [0.2, 0.25) is 0 Å². The van der Waals surface area contributed by atoms with Crippen molar-refractivity contribution in [3.8, 4) is 0 Å². The lowest BCUT2D eigenvalue weighted by molar-refractivity contribution is -0.192. The first kappa shape index (κ1) is 27.0. The molecule has 35 heavy (non-hydrogen) atoms. The van der Waals surface area contributed by atoms with Gasteiger partial charge in [-0.2, -0.15) is 13.2 Å². The van der Waals surface area contributed by atoms with Gasteiger partial charge >= 0.3 is 12.1 Å². The van der Waals surface area contributed by atoms with Crippen molar-refractivity contribution in [2.75, 3.05) is 19.7 Å². The van der Waals surface area contributed by atoms with Crippen LogP contribution >= 0.6 is 11.3 Å². The van der Waals surface area contributed by atoms with Crippen LogP contribution in [0.1, 0.15) is 54.6 Å². The van der Waals surface area contributed by atoms with Crippen LogP contribution in [0.25, 0.3) is 0 Å². The van der Waals surface area contributed by atoms with Crippen molar-refractivity contribution >= 4 is 23.2 Å². The molecule has 2 aromatic heterocycles. The molecule has 1 atom stereocenters. The molecule has 1 fully saturated rings. The number of likely N-dealkylation sites (tertiary alicyclic amines) is 1. The third kappa shape index (κ3) is 7.21. The van der Waals surface area contributed by atoms with Crippen LogP contribution in [0.15, 0.2) is 11.6 Å². The second kappa shape index (κ2) is 11.4. The number of nitrogens with zero attached hydrogens (tertiary/aromatic N) is 5. The molecule has 1 amide bonds. The molecule has 2 aliphatic heterocycles. The summed E-state index contributed by atoms with van der Waals surface area (Å²) in [5, 5.41) is 21.7. The third-order valence-electron chi connectivity index (χ3n) is 6.15. The smallest absolute Gasteiger partial charge is 0.475 e. The first-order chi connectivity index (χ1) is 16.5. The first-order valence-corrected chi connectivity index (χ1v) is 12.1. The highest BCUT2D eigenvalue weighted by Crippen LogP contribution is 2.37. The summed E-state index contributed by atoms with van der Waals surface area (Å²) in [4.78, 5) is 28.4. The van der Waals surface area contributed by atoms with Crippen molar-refractivity contribution in [1.82, 2.24) is 30.0 Å². The molecule has 2 aliphatic rings. The maximum Gasteiger partial charge on any atom is 0.490 e. The van der Waals surface area contributed by atoms with E-state index in [9.17, 15) is 18.0 Å². The third-order valence-corrected chi connectivity index (χ3v) is 6.92. The van der Waals surface area contributed by atoms with Crippen LogP contribution in [-0.2, 0) is 29.2 Å². The lowest BCUT2D eigenvalue weighted by atomic mass is 9.79. The fourth-order valence-electron chi connectivity index (χ4n) is 3.92. The zero-order valence-electron chi connectivity index (χ0n) is 19.5. The highest BCUT2D eigenvalue weighted by Gasteiger charge is 2.39. The number of hydrogen-bond acceptors (Lipinski definition) is 8. The summed E-state index contributed by atoms with van der Waals surface area (Å²) in [6.07, 6.45) is -0.274. The Balaban J connectivity index is 0.000000429. The zero-order valence-corrected chi connectivity index (χ0v) is 20.4. The maximum absolute atomic E-state index is 12.7. The van der Waals surface area contributed by atoms with Crippen molar-refractivity contribution in [2.24, 2.45) is 5.41 Å². The summed E-state index contributed by atoms with van der Waals surface area (Å²) < 4.78 is 39.7. The largest absolute Gasteiger partial charge is 0.490 e. The van der Waals surface area contributed by atoms with Gasteiger partial charge in [-0.15, -0.1) is 21.5 Å². The molecule has 4 rings (SSSR count). The van der Waals surface area contributed by atoms with Crippen molar-refractivity contribution in [3.05, 3.63) is 28.2 Å². The lowest BCUT2D eigenvalue weighted by Gasteiger charge is -2.40. The van der Waals surface area contributed by atoms with E-state index in [0.29, 0.717) is 19.0 Å². The molecular formula is C21H29F3N6O4S. The normalized spacial score (nSPS) is 18.7. The van der Waals surface area contributed by atoms with Crippen molar-refractivity contribution in [2.45, 2.75) is 65.0 Å². The highest BCUT2D eigenvalue weighted by molar-refractivity contribution is 7.09. The number of hydrogen-bond donors (Lipinski definition) is 2. The molecule has 1 spiro atoms. The molecule has 0 radical (unpaired) electrons. The number of fused-ring (bicyclic) bond motifs is 1. The van der Waals surface area contributed by atoms with Crippen LogP contribution in [-0.4, -0.2) is 73.5 Å². The Hall–Kier alpha value is -2.58. The Morgan fingerprint density at radius 3 is 2.57 bits per heavy atom. The molecular weight excluding hydrogens is 489 g/mol. The predicted octanol–water partition coefficient (Wildman–Crippen LogP) is 2.71. The van der Waals surface area contributed by atoms with E-state index in [2.05, 4.69) is 32.3 Å². The van der Waals surface area contributed by atoms with Gasteiger partial charge in [-0.1, -0.05) is 6.92 Å². The standard InChI is InChI=1S/C19H28N6O2S.C2HF3O2/c1-3-14(2)21-18(26)17-23-22-15-11-27-13-19(12-25(15)17)4-7-24(8-5-19)10-16-20-6-9-28-16;3-2(4,5)1(6)7/h6,9,14H,3-5,7-8,10-13H2,1-2H3,(H,21,26);(H,6,7). The van der Waals surface area contributed by atoms with Gasteiger partial charge in [0, 0.05) is 29.6 Å². The van der Waals surface area contributed by atoms with Crippen molar-refractivity contribution in [1.29, 1.82) is 0 Å². The van der Waals surface area contributed by atoms with Gasteiger partial charge in [-0.25, -0.2) is 9.78 Å². The molecule has 2 N–H and O–H groups in total. The molecule has 194 valence electrons. The van der Waals surface area contributed by atoms with E-state index in [0.717, 1.165) is 56.3 Å².